The van der Waals surface area contributed by atoms with Gasteiger partial charge in [0.25, 0.3) is 0 Å². The van der Waals surface area contributed by atoms with E-state index in [4.69, 9.17) is 4.42 Å². The number of benzene rings is 1. The van der Waals surface area contributed by atoms with Gasteiger partial charge in [-0.1, -0.05) is 12.8 Å². The Balaban J connectivity index is 1.45. The quantitative estimate of drug-likeness (QED) is 0.889. The lowest BCUT2D eigenvalue weighted by atomic mass is 10.2. The van der Waals surface area contributed by atoms with Crippen molar-refractivity contribution < 1.29 is 13.6 Å². The average Bonchev–Trinajstić information content (AvgIpc) is 3.20. The van der Waals surface area contributed by atoms with Gasteiger partial charge in [0.15, 0.2) is 0 Å². The summed E-state index contributed by atoms with van der Waals surface area (Å²) in [6.45, 7) is 0.494. The second-order valence-electron chi connectivity index (χ2n) is 5.78. The summed E-state index contributed by atoms with van der Waals surface area (Å²) >= 11 is 0. The molecule has 0 aliphatic heterocycles. The van der Waals surface area contributed by atoms with E-state index in [0.717, 1.165) is 24.1 Å². The molecule has 0 bridgehead atoms. The SMILES string of the molecule is O=C(NCCc1coc(-c2ccc(F)cc2)n1)NC1CCCC1. The van der Waals surface area contributed by atoms with E-state index >= 15 is 0 Å². The number of hydrogen-bond donors (Lipinski definition) is 2. The number of amides is 2. The number of hydrogen-bond acceptors (Lipinski definition) is 3. The van der Waals surface area contributed by atoms with Gasteiger partial charge in [-0.15, -0.1) is 0 Å². The van der Waals surface area contributed by atoms with Crippen molar-refractivity contribution in [2.75, 3.05) is 6.54 Å². The lowest BCUT2D eigenvalue weighted by Gasteiger charge is -2.12. The average molecular weight is 317 g/mol. The lowest BCUT2D eigenvalue weighted by Crippen LogP contribution is -2.41. The van der Waals surface area contributed by atoms with Crippen LogP contribution in [0, 0.1) is 5.82 Å². The molecule has 0 saturated heterocycles. The number of oxazole rings is 1. The Morgan fingerprint density at radius 2 is 2.00 bits per heavy atom. The fraction of sp³-hybridized carbons (Fsp3) is 0.412. The zero-order valence-corrected chi connectivity index (χ0v) is 12.8. The van der Waals surface area contributed by atoms with Gasteiger partial charge in [0.1, 0.15) is 12.1 Å². The van der Waals surface area contributed by atoms with Gasteiger partial charge in [-0.2, -0.15) is 0 Å². The third-order valence-electron chi connectivity index (χ3n) is 4.00. The van der Waals surface area contributed by atoms with Gasteiger partial charge in [0.05, 0.1) is 5.69 Å². The predicted molar refractivity (Wildman–Crippen MR) is 84.4 cm³/mol. The van der Waals surface area contributed by atoms with E-state index in [1.54, 1.807) is 18.4 Å². The van der Waals surface area contributed by atoms with Crippen molar-refractivity contribution in [2.45, 2.75) is 38.1 Å². The van der Waals surface area contributed by atoms with Crippen molar-refractivity contribution in [2.24, 2.45) is 0 Å². The van der Waals surface area contributed by atoms with Crippen LogP contribution >= 0.6 is 0 Å². The smallest absolute Gasteiger partial charge is 0.315 e. The lowest BCUT2D eigenvalue weighted by molar-refractivity contribution is 0.237. The summed E-state index contributed by atoms with van der Waals surface area (Å²) in [5.41, 5.74) is 1.48. The van der Waals surface area contributed by atoms with Crippen LogP contribution in [-0.2, 0) is 6.42 Å². The highest BCUT2D eigenvalue weighted by atomic mass is 19.1. The summed E-state index contributed by atoms with van der Waals surface area (Å²) in [5.74, 6) is 0.161. The summed E-state index contributed by atoms with van der Waals surface area (Å²) in [7, 11) is 0. The Hall–Kier alpha value is -2.37. The molecule has 2 N–H and O–H groups in total. The van der Waals surface area contributed by atoms with Gasteiger partial charge < -0.3 is 15.1 Å². The molecule has 0 unspecified atom stereocenters. The van der Waals surface area contributed by atoms with Crippen LogP contribution in [0.15, 0.2) is 34.9 Å². The molecule has 2 aromatic rings. The number of rotatable bonds is 5. The Morgan fingerprint density at radius 3 is 2.74 bits per heavy atom. The van der Waals surface area contributed by atoms with Crippen LogP contribution < -0.4 is 10.6 Å². The van der Waals surface area contributed by atoms with Crippen molar-refractivity contribution in [3.63, 3.8) is 0 Å². The molecule has 1 aromatic heterocycles. The third-order valence-corrected chi connectivity index (χ3v) is 4.00. The monoisotopic (exact) mass is 317 g/mol. The molecule has 6 heteroatoms. The normalized spacial score (nSPS) is 14.8. The molecule has 122 valence electrons. The number of urea groups is 1. The van der Waals surface area contributed by atoms with E-state index in [2.05, 4.69) is 15.6 Å². The first-order valence-corrected chi connectivity index (χ1v) is 7.95. The largest absolute Gasteiger partial charge is 0.444 e. The minimum atomic E-state index is -0.294. The fourth-order valence-electron chi connectivity index (χ4n) is 2.76. The van der Waals surface area contributed by atoms with Crippen LogP contribution in [0.5, 0.6) is 0 Å². The molecular weight excluding hydrogens is 297 g/mol. The van der Waals surface area contributed by atoms with Crippen LogP contribution in [0.4, 0.5) is 9.18 Å². The van der Waals surface area contributed by atoms with Gasteiger partial charge in [0.2, 0.25) is 5.89 Å². The molecule has 1 heterocycles. The van der Waals surface area contributed by atoms with E-state index in [-0.39, 0.29) is 11.8 Å². The van der Waals surface area contributed by atoms with E-state index in [9.17, 15) is 9.18 Å². The molecule has 1 aliphatic rings. The van der Waals surface area contributed by atoms with Crippen molar-refractivity contribution >= 4 is 6.03 Å². The Morgan fingerprint density at radius 1 is 1.26 bits per heavy atom. The zero-order chi connectivity index (χ0) is 16.1. The summed E-state index contributed by atoms with van der Waals surface area (Å²) in [4.78, 5) is 16.1. The van der Waals surface area contributed by atoms with Crippen LogP contribution in [0.25, 0.3) is 11.5 Å². The number of nitrogens with one attached hydrogen (secondary N) is 2. The van der Waals surface area contributed by atoms with Crippen molar-refractivity contribution in [3.05, 3.63) is 42.0 Å². The van der Waals surface area contributed by atoms with E-state index in [0.29, 0.717) is 24.9 Å². The number of halogens is 1. The summed E-state index contributed by atoms with van der Waals surface area (Å²) < 4.78 is 18.3. The minimum Gasteiger partial charge on any atom is -0.444 e. The highest BCUT2D eigenvalue weighted by molar-refractivity contribution is 5.74. The topological polar surface area (TPSA) is 67.2 Å². The molecule has 23 heavy (non-hydrogen) atoms. The molecule has 5 nitrogen and oxygen atoms in total. The molecule has 1 saturated carbocycles. The molecule has 0 radical (unpaired) electrons. The predicted octanol–water partition coefficient (Wildman–Crippen LogP) is 3.27. The minimum absolute atomic E-state index is 0.126. The van der Waals surface area contributed by atoms with E-state index in [1.807, 2.05) is 0 Å². The Labute approximate surface area is 134 Å². The Kier molecular flexibility index (Phi) is 4.90. The maximum Gasteiger partial charge on any atom is 0.315 e. The summed E-state index contributed by atoms with van der Waals surface area (Å²) in [6, 6.07) is 6.17. The molecule has 0 spiro atoms. The molecule has 1 aromatic carbocycles. The highest BCUT2D eigenvalue weighted by Crippen LogP contribution is 2.19. The maximum absolute atomic E-state index is 12.9. The fourth-order valence-corrected chi connectivity index (χ4v) is 2.76. The second-order valence-corrected chi connectivity index (χ2v) is 5.78. The molecule has 1 fully saturated rings. The molecule has 0 atom stereocenters. The van der Waals surface area contributed by atoms with Crippen LogP contribution in [0.3, 0.4) is 0 Å². The first-order valence-electron chi connectivity index (χ1n) is 7.95. The Bertz CT molecular complexity index is 648. The van der Waals surface area contributed by atoms with Crippen molar-refractivity contribution in [3.8, 4) is 11.5 Å². The van der Waals surface area contributed by atoms with E-state index in [1.165, 1.54) is 25.0 Å². The van der Waals surface area contributed by atoms with Gasteiger partial charge >= 0.3 is 6.03 Å². The van der Waals surface area contributed by atoms with Crippen LogP contribution in [-0.4, -0.2) is 23.6 Å². The van der Waals surface area contributed by atoms with Crippen LogP contribution in [0.2, 0.25) is 0 Å². The number of aromatic nitrogens is 1. The van der Waals surface area contributed by atoms with Gasteiger partial charge in [-0.05, 0) is 37.1 Å². The molecule has 1 aliphatic carbocycles. The van der Waals surface area contributed by atoms with Gasteiger partial charge in [0, 0.05) is 24.6 Å². The first-order chi connectivity index (χ1) is 11.2. The number of carbonyl (C=O) groups is 1. The summed E-state index contributed by atoms with van der Waals surface area (Å²) in [5, 5.41) is 5.81. The highest BCUT2D eigenvalue weighted by Gasteiger charge is 2.16. The van der Waals surface area contributed by atoms with E-state index < -0.39 is 0 Å². The zero-order valence-electron chi connectivity index (χ0n) is 12.8. The maximum atomic E-state index is 12.9. The molecular formula is C17H20FN3O2. The van der Waals surface area contributed by atoms with Gasteiger partial charge in [-0.3, -0.25) is 0 Å². The standard InChI is InChI=1S/C17H20FN3O2/c18-13-7-5-12(6-8-13)16-20-15(11-23-16)9-10-19-17(22)21-14-3-1-2-4-14/h5-8,11,14H,1-4,9-10H2,(H2,19,21,22). The second kappa shape index (κ2) is 7.26. The van der Waals surface area contributed by atoms with Crippen molar-refractivity contribution in [1.29, 1.82) is 0 Å². The van der Waals surface area contributed by atoms with Crippen LogP contribution in [0.1, 0.15) is 31.4 Å². The van der Waals surface area contributed by atoms with Gasteiger partial charge in [-0.25, -0.2) is 14.2 Å². The number of nitrogens with zero attached hydrogens (tertiary/aromatic N) is 1. The first kappa shape index (κ1) is 15.5. The van der Waals surface area contributed by atoms with Crippen molar-refractivity contribution in [1.82, 2.24) is 15.6 Å². The summed E-state index contributed by atoms with van der Waals surface area (Å²) in [6.07, 6.45) is 6.67. The molecule has 3 rings (SSSR count). The number of carbonyl (C=O) groups excluding carboxylic acids is 1. The third kappa shape index (κ3) is 4.31. The molecule has 2 amide bonds.